The summed E-state index contributed by atoms with van der Waals surface area (Å²) in [6.45, 7) is 3.71. The molecular weight excluding hydrogens is 384 g/mol. The molecule has 1 saturated carbocycles. The molecule has 1 amide bonds. The van der Waals surface area contributed by atoms with Crippen molar-refractivity contribution in [2.45, 2.75) is 57.5 Å². The zero-order chi connectivity index (χ0) is 20.2. The van der Waals surface area contributed by atoms with Gasteiger partial charge in [0.2, 0.25) is 5.91 Å². The molecule has 0 aromatic carbocycles. The van der Waals surface area contributed by atoms with Crippen molar-refractivity contribution in [2.75, 3.05) is 25.5 Å². The van der Waals surface area contributed by atoms with Crippen molar-refractivity contribution >= 4 is 28.2 Å². The Morgan fingerprint density at radius 2 is 1.93 bits per heavy atom. The summed E-state index contributed by atoms with van der Waals surface area (Å²) in [6.07, 6.45) is 8.09. The van der Waals surface area contributed by atoms with Gasteiger partial charge in [-0.3, -0.25) is 4.79 Å². The number of piperidine rings is 1. The van der Waals surface area contributed by atoms with Gasteiger partial charge in [0, 0.05) is 48.8 Å². The fourth-order valence-corrected chi connectivity index (χ4v) is 5.14. The summed E-state index contributed by atoms with van der Waals surface area (Å²) in [6, 6.07) is 6.14. The van der Waals surface area contributed by atoms with Gasteiger partial charge in [0.05, 0.1) is 6.10 Å². The Hall–Kier alpha value is -1.99. The molecule has 7 heteroatoms. The van der Waals surface area contributed by atoms with Gasteiger partial charge in [-0.15, -0.1) is 11.3 Å². The molecule has 29 heavy (non-hydrogen) atoms. The first-order chi connectivity index (χ1) is 14.1. The van der Waals surface area contributed by atoms with E-state index in [1.54, 1.807) is 18.4 Å². The highest BCUT2D eigenvalue weighted by Crippen LogP contribution is 2.32. The molecule has 2 aromatic heterocycles. The zero-order valence-electron chi connectivity index (χ0n) is 17.3. The molecule has 1 aliphatic carbocycles. The van der Waals surface area contributed by atoms with Crippen LogP contribution in [0, 0.1) is 12.8 Å². The summed E-state index contributed by atoms with van der Waals surface area (Å²) < 4.78 is 5.44. The molecule has 0 radical (unpaired) electrons. The highest BCUT2D eigenvalue weighted by molar-refractivity contribution is 7.15. The lowest BCUT2D eigenvalue weighted by atomic mass is 9.85. The van der Waals surface area contributed by atoms with E-state index in [9.17, 15) is 4.79 Å². The van der Waals surface area contributed by atoms with Crippen molar-refractivity contribution in [1.29, 1.82) is 0 Å². The predicted octanol–water partition coefficient (Wildman–Crippen LogP) is 4.50. The maximum atomic E-state index is 12.9. The SMILES string of the molecule is COC1CCC(C(=O)N2CCC(c3cccc(Nc4ncc(C)s4)n3)CC2)CC1. The number of amides is 1. The van der Waals surface area contributed by atoms with E-state index in [1.165, 1.54) is 4.88 Å². The second-order valence-electron chi connectivity index (χ2n) is 8.16. The van der Waals surface area contributed by atoms with Crippen molar-refractivity contribution in [3.8, 4) is 0 Å². The highest BCUT2D eigenvalue weighted by atomic mass is 32.1. The maximum absolute atomic E-state index is 12.9. The van der Waals surface area contributed by atoms with Gasteiger partial charge in [-0.1, -0.05) is 6.07 Å². The molecule has 0 atom stereocenters. The first-order valence-electron chi connectivity index (χ1n) is 10.6. The molecular formula is C22H30N4O2S. The van der Waals surface area contributed by atoms with Gasteiger partial charge in [-0.2, -0.15) is 0 Å². The van der Waals surface area contributed by atoms with Crippen molar-refractivity contribution in [1.82, 2.24) is 14.9 Å². The van der Waals surface area contributed by atoms with Crippen LogP contribution in [0.15, 0.2) is 24.4 Å². The Morgan fingerprint density at radius 3 is 2.59 bits per heavy atom. The number of rotatable bonds is 5. The molecule has 0 unspecified atom stereocenters. The smallest absolute Gasteiger partial charge is 0.225 e. The topological polar surface area (TPSA) is 67.3 Å². The molecule has 2 aliphatic rings. The predicted molar refractivity (Wildman–Crippen MR) is 116 cm³/mol. The lowest BCUT2D eigenvalue weighted by Crippen LogP contribution is -2.42. The van der Waals surface area contributed by atoms with Gasteiger partial charge in [0.15, 0.2) is 5.13 Å². The van der Waals surface area contributed by atoms with E-state index in [1.807, 2.05) is 19.2 Å². The number of anilines is 2. The quantitative estimate of drug-likeness (QED) is 0.780. The Kier molecular flexibility index (Phi) is 6.45. The second kappa shape index (κ2) is 9.22. The number of ether oxygens (including phenoxy) is 1. The van der Waals surface area contributed by atoms with Crippen LogP contribution in [0.2, 0.25) is 0 Å². The number of nitrogens with zero attached hydrogens (tertiary/aromatic N) is 3. The lowest BCUT2D eigenvalue weighted by Gasteiger charge is -2.36. The first-order valence-corrected chi connectivity index (χ1v) is 11.4. The average Bonchev–Trinajstić information content (AvgIpc) is 3.18. The Balaban J connectivity index is 1.31. The normalized spacial score (nSPS) is 23.2. The molecule has 1 N–H and O–H groups in total. The average molecular weight is 415 g/mol. The number of nitrogens with one attached hydrogen (secondary N) is 1. The molecule has 156 valence electrons. The lowest BCUT2D eigenvalue weighted by molar-refractivity contribution is -0.138. The summed E-state index contributed by atoms with van der Waals surface area (Å²) in [5.41, 5.74) is 1.11. The van der Waals surface area contributed by atoms with E-state index in [0.717, 1.165) is 68.3 Å². The van der Waals surface area contributed by atoms with E-state index >= 15 is 0 Å². The van der Waals surface area contributed by atoms with E-state index in [0.29, 0.717) is 17.9 Å². The van der Waals surface area contributed by atoms with Crippen LogP contribution in [0.1, 0.15) is 55.0 Å². The van der Waals surface area contributed by atoms with Crippen LogP contribution in [0.3, 0.4) is 0 Å². The van der Waals surface area contributed by atoms with Crippen molar-refractivity contribution in [3.05, 3.63) is 35.0 Å². The third-order valence-corrected chi connectivity index (χ3v) is 7.04. The standard InChI is InChI=1S/C22H30N4O2S/c1-15-14-23-22(29-15)25-20-5-3-4-19(24-20)16-10-12-26(13-11-16)21(27)17-6-8-18(28-2)9-7-17/h3-5,14,16-18H,6-13H2,1-2H3,(H,23,24,25). The summed E-state index contributed by atoms with van der Waals surface area (Å²) in [5, 5.41) is 4.18. The van der Waals surface area contributed by atoms with Gasteiger partial charge in [0.25, 0.3) is 0 Å². The molecule has 2 aromatic rings. The van der Waals surface area contributed by atoms with Gasteiger partial charge in [-0.25, -0.2) is 9.97 Å². The van der Waals surface area contributed by atoms with Gasteiger partial charge in [0.1, 0.15) is 5.82 Å². The van der Waals surface area contributed by atoms with Crippen LogP contribution < -0.4 is 5.32 Å². The van der Waals surface area contributed by atoms with Crippen LogP contribution in [0.25, 0.3) is 0 Å². The Morgan fingerprint density at radius 1 is 1.17 bits per heavy atom. The fourth-order valence-electron chi connectivity index (χ4n) is 4.47. The molecule has 0 bridgehead atoms. The number of aromatic nitrogens is 2. The minimum Gasteiger partial charge on any atom is -0.381 e. The molecule has 1 aliphatic heterocycles. The monoisotopic (exact) mass is 414 g/mol. The molecule has 6 nitrogen and oxygen atoms in total. The van der Waals surface area contributed by atoms with E-state index in [2.05, 4.69) is 27.3 Å². The van der Waals surface area contributed by atoms with Crippen LogP contribution in [0.5, 0.6) is 0 Å². The molecule has 3 heterocycles. The maximum Gasteiger partial charge on any atom is 0.225 e. The minimum absolute atomic E-state index is 0.186. The largest absolute Gasteiger partial charge is 0.381 e. The zero-order valence-corrected chi connectivity index (χ0v) is 18.1. The fraction of sp³-hybridized carbons (Fsp3) is 0.591. The number of hydrogen-bond acceptors (Lipinski definition) is 6. The van der Waals surface area contributed by atoms with Crippen LogP contribution in [-0.2, 0) is 9.53 Å². The number of carbonyl (C=O) groups excluding carboxylic acids is 1. The number of carbonyl (C=O) groups is 1. The Labute approximate surface area is 176 Å². The molecule has 1 saturated heterocycles. The van der Waals surface area contributed by atoms with Gasteiger partial charge < -0.3 is 15.0 Å². The van der Waals surface area contributed by atoms with Crippen LogP contribution in [-0.4, -0.2) is 47.1 Å². The summed E-state index contributed by atoms with van der Waals surface area (Å²) in [5.74, 6) is 1.78. The third kappa shape index (κ3) is 4.95. The van der Waals surface area contributed by atoms with Gasteiger partial charge in [-0.05, 0) is 57.6 Å². The minimum atomic E-state index is 0.186. The molecule has 0 spiro atoms. The van der Waals surface area contributed by atoms with Crippen molar-refractivity contribution in [3.63, 3.8) is 0 Å². The third-order valence-electron chi connectivity index (χ3n) is 6.21. The number of thiazole rings is 1. The number of pyridine rings is 1. The van der Waals surface area contributed by atoms with Gasteiger partial charge >= 0.3 is 0 Å². The number of hydrogen-bond donors (Lipinski definition) is 1. The first kappa shape index (κ1) is 20.3. The number of likely N-dealkylation sites (tertiary alicyclic amines) is 1. The molecule has 2 fully saturated rings. The van der Waals surface area contributed by atoms with Crippen molar-refractivity contribution < 1.29 is 9.53 Å². The second-order valence-corrected chi connectivity index (χ2v) is 9.39. The highest BCUT2D eigenvalue weighted by Gasteiger charge is 2.32. The summed E-state index contributed by atoms with van der Waals surface area (Å²) >= 11 is 1.63. The summed E-state index contributed by atoms with van der Waals surface area (Å²) in [7, 11) is 1.77. The molecule has 4 rings (SSSR count). The van der Waals surface area contributed by atoms with E-state index in [4.69, 9.17) is 9.72 Å². The summed E-state index contributed by atoms with van der Waals surface area (Å²) in [4.78, 5) is 25.3. The van der Waals surface area contributed by atoms with E-state index < -0.39 is 0 Å². The number of methoxy groups -OCH3 is 1. The van der Waals surface area contributed by atoms with Crippen LogP contribution >= 0.6 is 11.3 Å². The van der Waals surface area contributed by atoms with Crippen molar-refractivity contribution in [2.24, 2.45) is 5.92 Å². The number of aryl methyl sites for hydroxylation is 1. The van der Waals surface area contributed by atoms with Crippen LogP contribution in [0.4, 0.5) is 10.9 Å². The van der Waals surface area contributed by atoms with E-state index in [-0.39, 0.29) is 5.92 Å². The Bertz CT molecular complexity index is 824.